The van der Waals surface area contributed by atoms with Gasteiger partial charge in [0.25, 0.3) is 5.91 Å². The van der Waals surface area contributed by atoms with Crippen molar-refractivity contribution >= 4 is 23.4 Å². The van der Waals surface area contributed by atoms with Gasteiger partial charge >= 0.3 is 5.97 Å². The number of methoxy groups -OCH3 is 3. The highest BCUT2D eigenvalue weighted by molar-refractivity contribution is 5.89. The summed E-state index contributed by atoms with van der Waals surface area (Å²) in [6, 6.07) is -1.08. The molecule has 4 aliphatic rings. The van der Waals surface area contributed by atoms with Crippen LogP contribution in [0.5, 0.6) is 0 Å². The van der Waals surface area contributed by atoms with Gasteiger partial charge in [-0.1, -0.05) is 71.1 Å². The van der Waals surface area contributed by atoms with E-state index in [0.29, 0.717) is 63.4 Å². The maximum absolute atomic E-state index is 14.4. The molecule has 2 bridgehead atoms. The van der Waals surface area contributed by atoms with E-state index in [-0.39, 0.29) is 60.9 Å². The predicted octanol–water partition coefficient (Wildman–Crippen LogP) is 5.97. The zero-order valence-electron chi connectivity index (χ0n) is 40.7. The number of fused-ring (bicyclic) bond motifs is 3. The van der Waals surface area contributed by atoms with E-state index < -0.39 is 78.1 Å². The second kappa shape index (κ2) is 25.3. The monoisotopic (exact) mass is 916 g/mol. The Balaban J connectivity index is 1.70. The maximum Gasteiger partial charge on any atom is 0.329 e. The van der Waals surface area contributed by atoms with Crippen LogP contribution in [0.4, 0.5) is 0 Å². The Morgan fingerprint density at radius 3 is 2.25 bits per heavy atom. The van der Waals surface area contributed by atoms with E-state index in [4.69, 9.17) is 23.7 Å². The number of aliphatic hydroxyl groups excluding tert-OH is 3. The van der Waals surface area contributed by atoms with Crippen molar-refractivity contribution in [2.75, 3.05) is 27.9 Å². The molecule has 0 aromatic carbocycles. The van der Waals surface area contributed by atoms with Crippen molar-refractivity contribution < 1.29 is 63.3 Å². The molecule has 65 heavy (non-hydrogen) atoms. The third-order valence-electron chi connectivity index (χ3n) is 14.7. The summed E-state index contributed by atoms with van der Waals surface area (Å²) >= 11 is 0. The zero-order valence-corrected chi connectivity index (χ0v) is 40.7. The van der Waals surface area contributed by atoms with Gasteiger partial charge in [-0.15, -0.1) is 0 Å². The molecule has 16 atom stereocenters. The van der Waals surface area contributed by atoms with Crippen LogP contribution in [0.2, 0.25) is 0 Å². The summed E-state index contributed by atoms with van der Waals surface area (Å²) in [7, 11) is 4.55. The van der Waals surface area contributed by atoms with Crippen LogP contribution in [-0.2, 0) is 42.9 Å². The number of carbonyl (C=O) groups excluding carboxylic acids is 4. The molecular formula is C51H81NO13. The highest BCUT2D eigenvalue weighted by atomic mass is 16.6. The van der Waals surface area contributed by atoms with E-state index in [9.17, 15) is 39.6 Å². The van der Waals surface area contributed by atoms with E-state index in [1.807, 2.05) is 58.1 Å². The summed E-state index contributed by atoms with van der Waals surface area (Å²) in [6.07, 6.45) is 9.72. The summed E-state index contributed by atoms with van der Waals surface area (Å²) in [5.41, 5.74) is 1.30. The number of allylic oxidation sites excluding steroid dienone is 6. The summed E-state index contributed by atoms with van der Waals surface area (Å²) < 4.78 is 29.5. The minimum absolute atomic E-state index is 0.0264. The summed E-state index contributed by atoms with van der Waals surface area (Å²) in [5, 5.41) is 45.7. The Bertz CT molecular complexity index is 1710. The Labute approximate surface area is 387 Å². The fourth-order valence-electron chi connectivity index (χ4n) is 10.3. The molecule has 3 fully saturated rings. The van der Waals surface area contributed by atoms with Crippen LogP contribution < -0.4 is 0 Å². The molecule has 1 unspecified atom stereocenters. The second-order valence-corrected chi connectivity index (χ2v) is 19.8. The lowest BCUT2D eigenvalue weighted by molar-refractivity contribution is -0.317. The molecule has 0 radical (unpaired) electrons. The van der Waals surface area contributed by atoms with Crippen LogP contribution in [0.3, 0.4) is 0 Å². The average molecular weight is 916 g/mol. The number of rotatable bonds is 6. The molecule has 14 nitrogen and oxygen atoms in total. The lowest BCUT2D eigenvalue weighted by Gasteiger charge is -2.46. The molecule has 368 valence electrons. The minimum atomic E-state index is -2.23. The van der Waals surface area contributed by atoms with Crippen molar-refractivity contribution in [3.05, 3.63) is 47.6 Å². The number of ether oxygens (including phenoxy) is 5. The molecule has 2 saturated heterocycles. The fraction of sp³-hybridized carbons (Fsp3) is 0.765. The quantitative estimate of drug-likeness (QED) is 0.180. The molecule has 0 aromatic heterocycles. The van der Waals surface area contributed by atoms with Crippen LogP contribution in [0.25, 0.3) is 0 Å². The van der Waals surface area contributed by atoms with Gasteiger partial charge in [0.2, 0.25) is 5.79 Å². The van der Waals surface area contributed by atoms with Gasteiger partial charge in [0, 0.05) is 58.5 Å². The first-order valence-electron chi connectivity index (χ1n) is 24.1. The van der Waals surface area contributed by atoms with Gasteiger partial charge in [-0.05, 0) is 107 Å². The lowest BCUT2D eigenvalue weighted by Crippen LogP contribution is -2.63. The maximum atomic E-state index is 14.4. The number of Topliss-reactive ketones (excluding diaryl/α,β-unsaturated/α-hetero) is 2. The SMILES string of the molecule is CO[C@H]1CC2CC[C@@H](C)[C@@](O)(O2)[C@@H](O)C(=O)N2CCCC[C@H]2C(=O)O[C@H]([C@H](C)C[C@@H]2CC[C@@H](O)[C@H](OC)C2)CC(=O)[C@H](C)/C=C(\C)[C@@H](O)[C@@H](OC)C(=O)[C@H](C)C[C@H](C)/C=C/C=C/C=C/1C. The van der Waals surface area contributed by atoms with Crippen molar-refractivity contribution in [3.63, 3.8) is 0 Å². The van der Waals surface area contributed by atoms with E-state index in [1.54, 1.807) is 41.1 Å². The van der Waals surface area contributed by atoms with Crippen LogP contribution in [0.15, 0.2) is 47.6 Å². The number of carbonyl (C=O) groups is 4. The Morgan fingerprint density at radius 2 is 1.57 bits per heavy atom. The van der Waals surface area contributed by atoms with Gasteiger partial charge in [0.1, 0.15) is 30.1 Å². The van der Waals surface area contributed by atoms with E-state index >= 15 is 0 Å². The number of ketones is 2. The second-order valence-electron chi connectivity index (χ2n) is 19.8. The first-order chi connectivity index (χ1) is 30.7. The van der Waals surface area contributed by atoms with Gasteiger partial charge in [-0.2, -0.15) is 0 Å². The normalized spacial score (nSPS) is 41.5. The van der Waals surface area contributed by atoms with Gasteiger partial charge in [0.15, 0.2) is 11.9 Å². The third-order valence-corrected chi connectivity index (χ3v) is 14.7. The van der Waals surface area contributed by atoms with Gasteiger partial charge in [-0.25, -0.2) is 4.79 Å². The molecule has 3 heterocycles. The number of hydrogen-bond acceptors (Lipinski definition) is 13. The van der Waals surface area contributed by atoms with Crippen molar-refractivity contribution in [2.45, 2.75) is 186 Å². The first-order valence-corrected chi connectivity index (χ1v) is 24.1. The van der Waals surface area contributed by atoms with Crippen LogP contribution in [0, 0.1) is 35.5 Å². The number of esters is 1. The van der Waals surface area contributed by atoms with Crippen molar-refractivity contribution in [1.82, 2.24) is 4.90 Å². The molecule has 4 N–H and O–H groups in total. The van der Waals surface area contributed by atoms with Gasteiger partial charge in [0.05, 0.1) is 24.4 Å². The van der Waals surface area contributed by atoms with Crippen molar-refractivity contribution in [1.29, 1.82) is 0 Å². The summed E-state index contributed by atoms with van der Waals surface area (Å²) in [4.78, 5) is 57.8. The largest absolute Gasteiger partial charge is 0.460 e. The van der Waals surface area contributed by atoms with Crippen LogP contribution in [0.1, 0.15) is 126 Å². The van der Waals surface area contributed by atoms with E-state index in [1.165, 1.54) is 12.0 Å². The van der Waals surface area contributed by atoms with Crippen molar-refractivity contribution in [3.8, 4) is 0 Å². The zero-order chi connectivity index (χ0) is 48.2. The Kier molecular flexibility index (Phi) is 21.3. The molecule has 1 amide bonds. The number of hydrogen-bond donors (Lipinski definition) is 4. The number of aliphatic hydroxyl groups is 4. The standard InChI is InChI=1S/C51H81NO13/c1-30-16-12-11-13-17-31(2)42(61-8)28-38-21-19-36(7)51(60,65-38)48(57)49(58)52-23-15-14-18-39(52)50(59)64-43(33(4)26-37-20-22-40(53)44(27-37)62-9)29-41(54)32(3)25-35(6)46(56)47(63-10)45(55)34(5)24-30/h11-13,16-17,25,30,32-34,36-40,42-44,46-48,53,56-57,60H,14-15,18-24,26-29H2,1-10H3/b13-11+,16-12+,31-17+,35-25+/t30-,32-,33-,34-,36-,37+,38?,39+,40-,42+,43+,44-,46-,47+,48+,51-/m1/s1. The smallest absolute Gasteiger partial charge is 0.329 e. The van der Waals surface area contributed by atoms with Gasteiger partial charge in [-0.3, -0.25) is 14.4 Å². The predicted molar refractivity (Wildman–Crippen MR) is 246 cm³/mol. The molecule has 14 heteroatoms. The number of piperidine rings is 1. The molecule has 4 rings (SSSR count). The summed E-state index contributed by atoms with van der Waals surface area (Å²) in [6.45, 7) is 12.9. The molecule has 1 aliphatic carbocycles. The molecule has 0 aromatic rings. The molecular weight excluding hydrogens is 835 g/mol. The average Bonchev–Trinajstić information content (AvgIpc) is 3.28. The third kappa shape index (κ3) is 14.5. The molecule has 3 aliphatic heterocycles. The topological polar surface area (TPSA) is 199 Å². The Hall–Kier alpha value is -3.08. The van der Waals surface area contributed by atoms with Crippen LogP contribution >= 0.6 is 0 Å². The first kappa shape index (κ1) is 54.5. The number of amides is 1. The van der Waals surface area contributed by atoms with Crippen molar-refractivity contribution in [2.24, 2.45) is 35.5 Å². The van der Waals surface area contributed by atoms with Crippen LogP contribution in [-0.4, -0.2) is 137 Å². The highest BCUT2D eigenvalue weighted by Gasteiger charge is 2.53. The van der Waals surface area contributed by atoms with E-state index in [0.717, 1.165) is 12.0 Å². The molecule has 0 spiro atoms. The lowest BCUT2D eigenvalue weighted by atomic mass is 9.78. The minimum Gasteiger partial charge on any atom is -0.460 e. The summed E-state index contributed by atoms with van der Waals surface area (Å²) in [5.74, 6) is -6.22. The fourth-order valence-corrected chi connectivity index (χ4v) is 10.3. The highest BCUT2D eigenvalue weighted by Crippen LogP contribution is 2.39. The van der Waals surface area contributed by atoms with E-state index in [2.05, 4.69) is 0 Å². The van der Waals surface area contributed by atoms with Gasteiger partial charge < -0.3 is 49.0 Å². The molecule has 1 saturated carbocycles. The Morgan fingerprint density at radius 1 is 0.846 bits per heavy atom. The number of cyclic esters (lactones) is 1. The number of nitrogens with zero attached hydrogens (tertiary/aromatic N) is 1.